The molecule has 0 fully saturated rings. The standard InChI is InChI=1S/C3H9OSi.Al.2H/c1-5(2,3)4;;;/h1-3H3;;;/q-1;+1;;. The van der Waals surface area contributed by atoms with Crippen molar-refractivity contribution in [2.24, 2.45) is 0 Å². The van der Waals surface area contributed by atoms with Crippen molar-refractivity contribution in [3.05, 3.63) is 0 Å². The molecule has 0 unspecified atom stereocenters. The van der Waals surface area contributed by atoms with Gasteiger partial charge in [0.25, 0.3) is 0 Å². The summed E-state index contributed by atoms with van der Waals surface area (Å²) in [4.78, 5) is 0. The maximum absolute atomic E-state index is 5.22. The Balaban J connectivity index is 3.17. The molecule has 3 heteroatoms. The van der Waals surface area contributed by atoms with Crippen molar-refractivity contribution in [3.63, 3.8) is 0 Å². The summed E-state index contributed by atoms with van der Waals surface area (Å²) in [6.45, 7) is 6.58. The summed E-state index contributed by atoms with van der Waals surface area (Å²) in [5.41, 5.74) is 0. The van der Waals surface area contributed by atoms with Crippen LogP contribution in [-0.4, -0.2) is 24.9 Å². The SMILES string of the molecule is C[Si](C)(C)[O][AlH2]. The van der Waals surface area contributed by atoms with Crippen LogP contribution < -0.4 is 0 Å². The van der Waals surface area contributed by atoms with Crippen molar-refractivity contribution in [2.75, 3.05) is 0 Å². The molecular formula is C3H11AlOSi. The summed E-state index contributed by atoms with van der Waals surface area (Å²) >= 11 is 0.910. The van der Waals surface area contributed by atoms with Gasteiger partial charge in [0.15, 0.2) is 8.32 Å². The zero-order chi connectivity index (χ0) is 5.21. The Labute approximate surface area is 48.6 Å². The van der Waals surface area contributed by atoms with E-state index in [0.717, 1.165) is 16.6 Å². The van der Waals surface area contributed by atoms with Crippen molar-refractivity contribution >= 4 is 24.9 Å². The van der Waals surface area contributed by atoms with Gasteiger partial charge in [-0.1, -0.05) is 0 Å². The molecule has 0 amide bonds. The molecule has 0 spiro atoms. The average molecular weight is 118 g/mol. The number of hydrogen-bond donors (Lipinski definition) is 0. The fraction of sp³-hybridized carbons (Fsp3) is 1.00. The zero-order valence-corrected chi connectivity index (χ0v) is 7.91. The van der Waals surface area contributed by atoms with Gasteiger partial charge in [0, 0.05) is 0 Å². The van der Waals surface area contributed by atoms with Gasteiger partial charge in [-0.2, -0.15) is 0 Å². The quantitative estimate of drug-likeness (QED) is 0.452. The van der Waals surface area contributed by atoms with E-state index in [1.165, 1.54) is 0 Å². The van der Waals surface area contributed by atoms with Crippen molar-refractivity contribution in [1.82, 2.24) is 0 Å². The lowest BCUT2D eigenvalue weighted by Crippen LogP contribution is -2.23. The largest absolute Gasteiger partial charge is 0.551 e. The maximum Gasteiger partial charge on any atom is 0.399 e. The molecule has 6 heavy (non-hydrogen) atoms. The molecule has 0 bridgehead atoms. The molecule has 0 N–H and O–H groups in total. The third-order valence-electron chi connectivity index (χ3n) is 0.612. The van der Waals surface area contributed by atoms with Crippen LogP contribution in [0.2, 0.25) is 19.6 Å². The molecule has 0 aliphatic heterocycles. The highest BCUT2D eigenvalue weighted by Crippen LogP contribution is 1.96. The highest BCUT2D eigenvalue weighted by atomic mass is 28.4. The molecule has 0 atom stereocenters. The van der Waals surface area contributed by atoms with Crippen molar-refractivity contribution in [1.29, 1.82) is 0 Å². The topological polar surface area (TPSA) is 9.23 Å². The van der Waals surface area contributed by atoms with Gasteiger partial charge >= 0.3 is 16.6 Å². The first kappa shape index (κ1) is 6.71. The van der Waals surface area contributed by atoms with Gasteiger partial charge in [0.2, 0.25) is 0 Å². The van der Waals surface area contributed by atoms with E-state index in [9.17, 15) is 0 Å². The minimum atomic E-state index is -1.07. The fourth-order valence-electron chi connectivity index (χ4n) is 0. The molecule has 1 nitrogen and oxygen atoms in total. The van der Waals surface area contributed by atoms with Crippen molar-refractivity contribution in [2.45, 2.75) is 19.6 Å². The van der Waals surface area contributed by atoms with Crippen LogP contribution in [0.3, 0.4) is 0 Å². The molecule has 0 saturated heterocycles. The van der Waals surface area contributed by atoms with Crippen LogP contribution in [-0.2, 0) is 3.48 Å². The fourth-order valence-corrected chi connectivity index (χ4v) is 0. The molecule has 0 aromatic rings. The Morgan fingerprint density at radius 2 is 1.50 bits per heavy atom. The third kappa shape index (κ3) is 4.71. The minimum absolute atomic E-state index is 0.910. The van der Waals surface area contributed by atoms with Gasteiger partial charge in [-0.25, -0.2) is 0 Å². The third-order valence-corrected chi connectivity index (χ3v) is 5.51. The lowest BCUT2D eigenvalue weighted by Gasteiger charge is -2.13. The molecule has 0 saturated carbocycles. The van der Waals surface area contributed by atoms with E-state index in [2.05, 4.69) is 19.6 Å². The first-order valence-electron chi connectivity index (χ1n) is 2.11. The van der Waals surface area contributed by atoms with E-state index in [-0.39, 0.29) is 0 Å². The van der Waals surface area contributed by atoms with E-state index in [4.69, 9.17) is 3.48 Å². The highest BCUT2D eigenvalue weighted by Gasteiger charge is 2.07. The summed E-state index contributed by atoms with van der Waals surface area (Å²) in [6.07, 6.45) is 0. The first-order valence-corrected chi connectivity index (χ1v) is 6.34. The smallest absolute Gasteiger partial charge is 0.399 e. The predicted octanol–water partition coefficient (Wildman–Crippen LogP) is 0.386. The Hall–Kier alpha value is 0.709. The van der Waals surface area contributed by atoms with E-state index in [0.29, 0.717) is 0 Å². The summed E-state index contributed by atoms with van der Waals surface area (Å²) in [5, 5.41) is 0. The highest BCUT2D eigenvalue weighted by molar-refractivity contribution is 6.72. The normalized spacial score (nSPS) is 11.8. The lowest BCUT2D eigenvalue weighted by molar-refractivity contribution is 0.620. The van der Waals surface area contributed by atoms with Crippen LogP contribution in [0.15, 0.2) is 0 Å². The van der Waals surface area contributed by atoms with Gasteiger partial charge < -0.3 is 3.48 Å². The number of rotatable bonds is 1. The van der Waals surface area contributed by atoms with Gasteiger partial charge in [0.1, 0.15) is 0 Å². The van der Waals surface area contributed by atoms with E-state index in [1.54, 1.807) is 0 Å². The van der Waals surface area contributed by atoms with Crippen LogP contribution >= 0.6 is 0 Å². The lowest BCUT2D eigenvalue weighted by atomic mass is 11.8. The van der Waals surface area contributed by atoms with Crippen molar-refractivity contribution in [3.8, 4) is 0 Å². The summed E-state index contributed by atoms with van der Waals surface area (Å²) < 4.78 is 5.22. The Morgan fingerprint density at radius 3 is 1.50 bits per heavy atom. The van der Waals surface area contributed by atoms with Gasteiger partial charge in [-0.3, -0.25) is 0 Å². The van der Waals surface area contributed by atoms with Gasteiger partial charge in [-0.15, -0.1) is 0 Å². The molecule has 0 aromatic heterocycles. The van der Waals surface area contributed by atoms with Crippen LogP contribution in [0.4, 0.5) is 0 Å². The maximum atomic E-state index is 5.22. The Morgan fingerprint density at radius 1 is 1.33 bits per heavy atom. The molecule has 0 rings (SSSR count). The Bertz CT molecular complexity index is 40.5. The summed E-state index contributed by atoms with van der Waals surface area (Å²) in [5.74, 6) is 0. The Kier molecular flexibility index (Phi) is 2.38. The second-order valence-corrected chi connectivity index (χ2v) is 8.17. The molecular weight excluding hydrogens is 107 g/mol. The zero-order valence-electron chi connectivity index (χ0n) is 4.91. The molecule has 0 heterocycles. The second-order valence-electron chi connectivity index (χ2n) is 2.32. The first-order chi connectivity index (χ1) is 2.56. The average Bonchev–Trinajstić information content (AvgIpc) is 1.35. The monoisotopic (exact) mass is 118 g/mol. The van der Waals surface area contributed by atoms with Crippen LogP contribution in [0, 0.1) is 0 Å². The van der Waals surface area contributed by atoms with E-state index >= 15 is 0 Å². The molecule has 0 aromatic carbocycles. The van der Waals surface area contributed by atoms with E-state index < -0.39 is 8.32 Å². The van der Waals surface area contributed by atoms with Crippen LogP contribution in [0.1, 0.15) is 0 Å². The predicted molar refractivity (Wildman–Crippen MR) is 33.0 cm³/mol. The molecule has 0 radical (unpaired) electrons. The number of hydrogen-bond acceptors (Lipinski definition) is 1. The molecule has 0 aliphatic rings. The van der Waals surface area contributed by atoms with Gasteiger partial charge in [-0.05, 0) is 19.6 Å². The van der Waals surface area contributed by atoms with Crippen molar-refractivity contribution < 1.29 is 3.48 Å². The van der Waals surface area contributed by atoms with Crippen LogP contribution in [0.5, 0.6) is 0 Å². The molecule has 36 valence electrons. The molecule has 0 aliphatic carbocycles. The summed E-state index contributed by atoms with van der Waals surface area (Å²) in [6, 6.07) is 0. The second kappa shape index (κ2) is 2.13. The minimum Gasteiger partial charge on any atom is -0.551 e. The van der Waals surface area contributed by atoms with Gasteiger partial charge in [0.05, 0.1) is 0 Å². The summed E-state index contributed by atoms with van der Waals surface area (Å²) in [7, 11) is -1.07. The van der Waals surface area contributed by atoms with E-state index in [1.807, 2.05) is 0 Å². The van der Waals surface area contributed by atoms with Crippen LogP contribution in [0.25, 0.3) is 0 Å².